The normalized spacial score (nSPS) is 20.7. The zero-order chi connectivity index (χ0) is 20.8. The summed E-state index contributed by atoms with van der Waals surface area (Å²) in [5, 5.41) is 14.6. The van der Waals surface area contributed by atoms with E-state index in [1.165, 1.54) is 0 Å². The molecule has 0 bridgehead atoms. The van der Waals surface area contributed by atoms with Crippen molar-refractivity contribution in [1.29, 1.82) is 5.26 Å². The van der Waals surface area contributed by atoms with Crippen molar-refractivity contribution in [3.63, 3.8) is 0 Å². The number of hydrogen-bond donors (Lipinski definition) is 1. The SMILES string of the molecule is Cc1nccn1-c1ccc(C2C(C#N)=C(N)Oc3c2c(C2CCCO2)nn3C)cc1. The van der Waals surface area contributed by atoms with Crippen LogP contribution in [0.5, 0.6) is 5.88 Å². The van der Waals surface area contributed by atoms with Crippen LogP contribution < -0.4 is 10.5 Å². The van der Waals surface area contributed by atoms with Crippen molar-refractivity contribution in [2.24, 2.45) is 12.8 Å². The number of aryl methyl sites for hydroxylation is 2. The predicted molar refractivity (Wildman–Crippen MR) is 109 cm³/mol. The Morgan fingerprint density at radius 3 is 2.70 bits per heavy atom. The zero-order valence-corrected chi connectivity index (χ0v) is 16.9. The first-order valence-corrected chi connectivity index (χ1v) is 9.94. The minimum atomic E-state index is -0.357. The van der Waals surface area contributed by atoms with Gasteiger partial charge >= 0.3 is 0 Å². The molecule has 2 unspecified atom stereocenters. The van der Waals surface area contributed by atoms with E-state index in [4.69, 9.17) is 15.2 Å². The molecule has 0 amide bonds. The topological polar surface area (TPSA) is 104 Å². The summed E-state index contributed by atoms with van der Waals surface area (Å²) in [7, 11) is 1.82. The van der Waals surface area contributed by atoms with Crippen LogP contribution in [-0.2, 0) is 11.8 Å². The predicted octanol–water partition coefficient (Wildman–Crippen LogP) is 2.98. The molecule has 2 aromatic heterocycles. The van der Waals surface area contributed by atoms with Gasteiger partial charge in [-0.3, -0.25) is 0 Å². The van der Waals surface area contributed by atoms with Gasteiger partial charge in [0.2, 0.25) is 11.8 Å². The third kappa shape index (κ3) is 2.78. The van der Waals surface area contributed by atoms with E-state index < -0.39 is 0 Å². The van der Waals surface area contributed by atoms with E-state index in [9.17, 15) is 5.26 Å². The maximum atomic E-state index is 9.88. The van der Waals surface area contributed by atoms with Crippen LogP contribution in [-0.4, -0.2) is 25.9 Å². The van der Waals surface area contributed by atoms with Gasteiger partial charge in [0.1, 0.15) is 23.6 Å². The van der Waals surface area contributed by atoms with E-state index in [0.29, 0.717) is 18.1 Å². The Balaban J connectivity index is 1.64. The second-order valence-electron chi connectivity index (χ2n) is 7.59. The monoisotopic (exact) mass is 402 g/mol. The number of nitrogens with zero attached hydrogens (tertiary/aromatic N) is 5. The van der Waals surface area contributed by atoms with Crippen molar-refractivity contribution in [3.05, 3.63) is 70.8 Å². The summed E-state index contributed by atoms with van der Waals surface area (Å²) >= 11 is 0. The first kappa shape index (κ1) is 18.5. The van der Waals surface area contributed by atoms with Gasteiger partial charge in [-0.05, 0) is 37.5 Å². The summed E-state index contributed by atoms with van der Waals surface area (Å²) in [4.78, 5) is 4.28. The molecule has 0 radical (unpaired) electrons. The van der Waals surface area contributed by atoms with Crippen LogP contribution >= 0.6 is 0 Å². The Labute approximate surface area is 174 Å². The minimum absolute atomic E-state index is 0.0989. The fraction of sp³-hybridized carbons (Fsp3) is 0.318. The first-order valence-electron chi connectivity index (χ1n) is 9.94. The number of benzene rings is 1. The van der Waals surface area contributed by atoms with Gasteiger partial charge in [0.05, 0.1) is 17.2 Å². The molecule has 8 heteroatoms. The smallest absolute Gasteiger partial charge is 0.224 e. The summed E-state index contributed by atoms with van der Waals surface area (Å²) < 4.78 is 15.4. The van der Waals surface area contributed by atoms with Gasteiger partial charge in [-0.1, -0.05) is 12.1 Å². The van der Waals surface area contributed by atoms with Crippen LogP contribution in [0.2, 0.25) is 0 Å². The average molecular weight is 402 g/mol. The van der Waals surface area contributed by atoms with Gasteiger partial charge < -0.3 is 19.8 Å². The molecule has 4 heterocycles. The largest absolute Gasteiger partial charge is 0.422 e. The van der Waals surface area contributed by atoms with E-state index in [2.05, 4.69) is 16.2 Å². The highest BCUT2D eigenvalue weighted by molar-refractivity contribution is 5.56. The van der Waals surface area contributed by atoms with Crippen molar-refractivity contribution in [2.75, 3.05) is 6.61 Å². The second-order valence-corrected chi connectivity index (χ2v) is 7.59. The van der Waals surface area contributed by atoms with Crippen LogP contribution in [0, 0.1) is 18.3 Å². The molecule has 3 aromatic rings. The molecule has 0 saturated carbocycles. The number of ether oxygens (including phenoxy) is 2. The quantitative estimate of drug-likeness (QED) is 0.722. The van der Waals surface area contributed by atoms with E-state index in [-0.39, 0.29) is 17.9 Å². The molecule has 1 saturated heterocycles. The lowest BCUT2D eigenvalue weighted by Crippen LogP contribution is -2.22. The zero-order valence-electron chi connectivity index (χ0n) is 16.9. The molecule has 5 rings (SSSR count). The number of fused-ring (bicyclic) bond motifs is 1. The molecule has 2 aliphatic rings. The highest BCUT2D eigenvalue weighted by Gasteiger charge is 2.39. The van der Waals surface area contributed by atoms with Crippen molar-refractivity contribution in [1.82, 2.24) is 19.3 Å². The number of rotatable bonds is 3. The highest BCUT2D eigenvalue weighted by Crippen LogP contribution is 2.47. The first-order chi connectivity index (χ1) is 14.6. The highest BCUT2D eigenvalue weighted by atomic mass is 16.5. The molecule has 8 nitrogen and oxygen atoms in total. The molecular weight excluding hydrogens is 380 g/mol. The van der Waals surface area contributed by atoms with E-state index in [0.717, 1.165) is 41.2 Å². The lowest BCUT2D eigenvalue weighted by atomic mass is 9.83. The number of hydrogen-bond acceptors (Lipinski definition) is 6. The summed E-state index contributed by atoms with van der Waals surface area (Å²) in [6, 6.07) is 10.3. The van der Waals surface area contributed by atoms with Crippen LogP contribution in [0.15, 0.2) is 48.1 Å². The van der Waals surface area contributed by atoms with Crippen molar-refractivity contribution >= 4 is 0 Å². The lowest BCUT2D eigenvalue weighted by Gasteiger charge is -2.25. The fourth-order valence-corrected chi connectivity index (χ4v) is 4.35. The van der Waals surface area contributed by atoms with Crippen LogP contribution in [0.4, 0.5) is 0 Å². The standard InChI is InChI=1S/C22H22N6O2/c1-13-25-9-10-28(13)15-7-5-14(6-8-15)18-16(12-23)21(24)30-22-19(18)20(26-27(22)2)17-4-3-11-29-17/h5-10,17-18H,3-4,11,24H2,1-2H3. The molecule has 1 fully saturated rings. The second kappa shape index (κ2) is 7.04. The molecule has 2 N–H and O–H groups in total. The summed E-state index contributed by atoms with van der Waals surface area (Å²) in [6.07, 6.45) is 5.48. The number of allylic oxidation sites excluding steroid dienone is 1. The Morgan fingerprint density at radius 2 is 2.07 bits per heavy atom. The van der Waals surface area contributed by atoms with Crippen LogP contribution in [0.1, 0.15) is 47.5 Å². The summed E-state index contributed by atoms with van der Waals surface area (Å²) in [5.41, 5.74) is 10.2. The number of aromatic nitrogens is 4. The molecule has 0 spiro atoms. The van der Waals surface area contributed by atoms with E-state index >= 15 is 0 Å². The molecule has 30 heavy (non-hydrogen) atoms. The number of nitriles is 1. The maximum Gasteiger partial charge on any atom is 0.224 e. The maximum absolute atomic E-state index is 9.88. The molecule has 0 aliphatic carbocycles. The van der Waals surface area contributed by atoms with Crippen LogP contribution in [0.25, 0.3) is 5.69 Å². The number of imidazole rings is 1. The van der Waals surface area contributed by atoms with Gasteiger partial charge in [-0.2, -0.15) is 10.4 Å². The summed E-state index contributed by atoms with van der Waals surface area (Å²) in [6.45, 7) is 2.67. The van der Waals surface area contributed by atoms with Crippen molar-refractivity contribution in [2.45, 2.75) is 31.8 Å². The Morgan fingerprint density at radius 1 is 1.27 bits per heavy atom. The minimum Gasteiger partial charge on any atom is -0.422 e. The van der Waals surface area contributed by atoms with Crippen LogP contribution in [0.3, 0.4) is 0 Å². The average Bonchev–Trinajstić information content (AvgIpc) is 3.48. The molecule has 2 atom stereocenters. The van der Waals surface area contributed by atoms with Gasteiger partial charge in [-0.15, -0.1) is 0 Å². The van der Waals surface area contributed by atoms with Gasteiger partial charge in [0, 0.05) is 31.7 Å². The third-order valence-electron chi connectivity index (χ3n) is 5.79. The lowest BCUT2D eigenvalue weighted by molar-refractivity contribution is 0.107. The van der Waals surface area contributed by atoms with Gasteiger partial charge in [0.15, 0.2) is 0 Å². The molecule has 152 valence electrons. The Bertz CT molecular complexity index is 1180. The Hall–Kier alpha value is -3.57. The van der Waals surface area contributed by atoms with E-state index in [1.807, 2.05) is 49.0 Å². The summed E-state index contributed by atoms with van der Waals surface area (Å²) in [5.74, 6) is 1.23. The third-order valence-corrected chi connectivity index (χ3v) is 5.79. The van der Waals surface area contributed by atoms with E-state index in [1.54, 1.807) is 10.9 Å². The van der Waals surface area contributed by atoms with Gasteiger partial charge in [-0.25, -0.2) is 9.67 Å². The molecule has 1 aromatic carbocycles. The van der Waals surface area contributed by atoms with Crippen molar-refractivity contribution in [3.8, 4) is 17.6 Å². The number of nitrogens with two attached hydrogens (primary N) is 1. The molecular formula is C22H22N6O2. The van der Waals surface area contributed by atoms with Gasteiger partial charge in [0.25, 0.3) is 0 Å². The molecule has 2 aliphatic heterocycles. The van der Waals surface area contributed by atoms with Crippen molar-refractivity contribution < 1.29 is 9.47 Å². The fourth-order valence-electron chi connectivity index (χ4n) is 4.35. The Kier molecular flexibility index (Phi) is 4.33.